The van der Waals surface area contributed by atoms with Crippen LogP contribution in [0.1, 0.15) is 25.7 Å². The number of piperidine rings is 1. The summed E-state index contributed by atoms with van der Waals surface area (Å²) >= 11 is 1.68. The third-order valence-electron chi connectivity index (χ3n) is 4.67. The van der Waals surface area contributed by atoms with Crippen molar-refractivity contribution >= 4 is 34.7 Å². The van der Waals surface area contributed by atoms with E-state index in [1.165, 1.54) is 4.88 Å². The fourth-order valence-electron chi connectivity index (χ4n) is 3.19. The van der Waals surface area contributed by atoms with Crippen LogP contribution < -0.4 is 15.6 Å². The van der Waals surface area contributed by atoms with Crippen molar-refractivity contribution in [2.75, 3.05) is 18.0 Å². The van der Waals surface area contributed by atoms with Gasteiger partial charge < -0.3 is 10.2 Å². The molecule has 2 aliphatic rings. The molecule has 0 atom stereocenters. The average molecular weight is 372 g/mol. The van der Waals surface area contributed by atoms with Crippen molar-refractivity contribution in [3.63, 3.8) is 0 Å². The van der Waals surface area contributed by atoms with Crippen LogP contribution >= 0.6 is 11.3 Å². The Labute approximate surface area is 154 Å². The van der Waals surface area contributed by atoms with Crippen LogP contribution in [0.25, 0.3) is 10.6 Å². The summed E-state index contributed by atoms with van der Waals surface area (Å²) in [5.74, 6) is 0.622. The number of H-pyrrole nitrogens is 1. The molecule has 2 aromatic heterocycles. The van der Waals surface area contributed by atoms with Gasteiger partial charge in [-0.3, -0.25) is 14.7 Å². The number of hydrogen-bond donors (Lipinski definition) is 3. The molecule has 2 amide bonds. The summed E-state index contributed by atoms with van der Waals surface area (Å²) in [5, 5.41) is 16.4. The number of hydrogen-bond acceptors (Lipinski definition) is 6. The van der Waals surface area contributed by atoms with Crippen molar-refractivity contribution in [2.24, 2.45) is 5.10 Å². The monoisotopic (exact) mass is 372 g/mol. The van der Waals surface area contributed by atoms with Crippen LogP contribution in [0.3, 0.4) is 0 Å². The lowest BCUT2D eigenvalue weighted by atomic mass is 10.0. The number of hydrazone groups is 1. The number of carbonyl (C=O) groups excluding carboxylic acids is 2. The molecule has 0 bridgehead atoms. The summed E-state index contributed by atoms with van der Waals surface area (Å²) in [4.78, 5) is 26.7. The lowest BCUT2D eigenvalue weighted by Gasteiger charge is -2.32. The molecule has 0 aromatic carbocycles. The average Bonchev–Trinajstić information content (AvgIpc) is 3.34. The topological polar surface area (TPSA) is 102 Å². The summed E-state index contributed by atoms with van der Waals surface area (Å²) in [5.41, 5.74) is 3.79. The number of amides is 2. The van der Waals surface area contributed by atoms with Crippen LogP contribution in [-0.2, 0) is 9.59 Å². The van der Waals surface area contributed by atoms with Gasteiger partial charge in [0.2, 0.25) is 5.91 Å². The van der Waals surface area contributed by atoms with Crippen LogP contribution in [0.15, 0.2) is 28.7 Å². The van der Waals surface area contributed by atoms with Gasteiger partial charge in [0, 0.05) is 38.0 Å². The molecule has 136 valence electrons. The summed E-state index contributed by atoms with van der Waals surface area (Å²) in [6, 6.07) is 6.29. The minimum Gasteiger partial charge on any atom is -0.355 e. The molecule has 26 heavy (non-hydrogen) atoms. The van der Waals surface area contributed by atoms with Gasteiger partial charge in [-0.05, 0) is 24.3 Å². The number of anilines is 1. The first-order valence-corrected chi connectivity index (χ1v) is 9.57. The minimum absolute atomic E-state index is 0.120. The van der Waals surface area contributed by atoms with Crippen LogP contribution in [0, 0.1) is 0 Å². The number of nitrogens with one attached hydrogen (secondary N) is 3. The fourth-order valence-corrected chi connectivity index (χ4v) is 3.88. The first kappa shape index (κ1) is 16.8. The third kappa shape index (κ3) is 3.62. The van der Waals surface area contributed by atoms with Gasteiger partial charge in [-0.15, -0.1) is 11.3 Å². The zero-order valence-corrected chi connectivity index (χ0v) is 15.0. The van der Waals surface area contributed by atoms with Crippen molar-refractivity contribution in [1.82, 2.24) is 20.9 Å². The van der Waals surface area contributed by atoms with Gasteiger partial charge in [-0.1, -0.05) is 6.07 Å². The normalized spacial score (nSPS) is 18.4. The Balaban J connectivity index is 1.30. The van der Waals surface area contributed by atoms with E-state index < -0.39 is 0 Å². The lowest BCUT2D eigenvalue weighted by Crippen LogP contribution is -2.47. The molecule has 4 rings (SSSR count). The highest BCUT2D eigenvalue weighted by Crippen LogP contribution is 2.27. The second kappa shape index (κ2) is 7.28. The molecule has 0 spiro atoms. The van der Waals surface area contributed by atoms with Crippen molar-refractivity contribution in [1.29, 1.82) is 0 Å². The van der Waals surface area contributed by atoms with Crippen LogP contribution in [0.4, 0.5) is 5.82 Å². The van der Waals surface area contributed by atoms with Gasteiger partial charge in [0.1, 0.15) is 5.71 Å². The first-order chi connectivity index (χ1) is 12.7. The van der Waals surface area contributed by atoms with E-state index in [1.54, 1.807) is 11.3 Å². The van der Waals surface area contributed by atoms with E-state index in [9.17, 15) is 9.59 Å². The minimum atomic E-state index is -0.178. The molecule has 2 aliphatic heterocycles. The maximum atomic E-state index is 12.2. The number of aromatic amines is 1. The predicted octanol–water partition coefficient (Wildman–Crippen LogP) is 1.49. The Bertz CT molecular complexity index is 820. The molecular weight excluding hydrogens is 352 g/mol. The quantitative estimate of drug-likeness (QED) is 0.757. The molecule has 0 saturated carbocycles. The number of rotatable bonds is 4. The molecule has 1 saturated heterocycles. The Morgan fingerprint density at radius 1 is 1.31 bits per heavy atom. The molecule has 1 fully saturated rings. The summed E-state index contributed by atoms with van der Waals surface area (Å²) < 4.78 is 0. The smallest absolute Gasteiger partial charge is 0.267 e. The van der Waals surface area contributed by atoms with Crippen molar-refractivity contribution in [3.05, 3.63) is 23.6 Å². The predicted molar refractivity (Wildman–Crippen MR) is 100 cm³/mol. The van der Waals surface area contributed by atoms with E-state index in [-0.39, 0.29) is 17.9 Å². The summed E-state index contributed by atoms with van der Waals surface area (Å²) in [6.45, 7) is 1.67. The number of carbonyl (C=O) groups is 2. The Morgan fingerprint density at radius 2 is 2.15 bits per heavy atom. The molecule has 9 heteroatoms. The van der Waals surface area contributed by atoms with Gasteiger partial charge in [0.05, 0.1) is 10.6 Å². The van der Waals surface area contributed by atoms with E-state index in [1.807, 2.05) is 11.4 Å². The van der Waals surface area contributed by atoms with Crippen molar-refractivity contribution in [3.8, 4) is 10.6 Å². The zero-order chi connectivity index (χ0) is 17.9. The van der Waals surface area contributed by atoms with E-state index >= 15 is 0 Å². The van der Waals surface area contributed by atoms with Crippen LogP contribution in [0.2, 0.25) is 0 Å². The van der Waals surface area contributed by atoms with Gasteiger partial charge >= 0.3 is 0 Å². The van der Waals surface area contributed by atoms with E-state index in [2.05, 4.69) is 43.1 Å². The second-order valence-corrected chi connectivity index (χ2v) is 7.39. The van der Waals surface area contributed by atoms with Crippen LogP contribution in [-0.4, -0.2) is 46.9 Å². The molecule has 2 aromatic rings. The Hall–Kier alpha value is -2.68. The molecule has 4 heterocycles. The third-order valence-corrected chi connectivity index (χ3v) is 5.57. The Kier molecular flexibility index (Phi) is 4.70. The molecule has 0 radical (unpaired) electrons. The highest BCUT2D eigenvalue weighted by Gasteiger charge is 2.25. The van der Waals surface area contributed by atoms with Crippen molar-refractivity contribution < 1.29 is 9.59 Å². The SMILES string of the molecule is O=C1CCC(C(=O)NC2CCN(c3cc(-c4cccs4)[nH]n3)CC2)=NN1. The van der Waals surface area contributed by atoms with Crippen LogP contribution in [0.5, 0.6) is 0 Å². The zero-order valence-electron chi connectivity index (χ0n) is 14.2. The van der Waals surface area contributed by atoms with Gasteiger partial charge in [-0.25, -0.2) is 5.43 Å². The van der Waals surface area contributed by atoms with Gasteiger partial charge in [0.25, 0.3) is 5.91 Å². The molecular formula is C17H20N6O2S. The van der Waals surface area contributed by atoms with Crippen molar-refractivity contribution in [2.45, 2.75) is 31.7 Å². The largest absolute Gasteiger partial charge is 0.355 e. The highest BCUT2D eigenvalue weighted by molar-refractivity contribution is 7.13. The Morgan fingerprint density at radius 3 is 2.85 bits per heavy atom. The number of nitrogens with zero attached hydrogens (tertiary/aromatic N) is 3. The maximum absolute atomic E-state index is 12.2. The molecule has 0 unspecified atom stereocenters. The molecule has 0 aliphatic carbocycles. The maximum Gasteiger partial charge on any atom is 0.267 e. The number of thiophene rings is 1. The highest BCUT2D eigenvalue weighted by atomic mass is 32.1. The lowest BCUT2D eigenvalue weighted by molar-refractivity contribution is -0.121. The first-order valence-electron chi connectivity index (χ1n) is 8.69. The van der Waals surface area contributed by atoms with Gasteiger partial charge in [0.15, 0.2) is 5.82 Å². The fraction of sp³-hybridized carbons (Fsp3) is 0.412. The molecule has 8 nitrogen and oxygen atoms in total. The van der Waals surface area contributed by atoms with E-state index in [0.29, 0.717) is 18.6 Å². The molecule has 3 N–H and O–H groups in total. The van der Waals surface area contributed by atoms with Gasteiger partial charge in [-0.2, -0.15) is 10.2 Å². The van der Waals surface area contributed by atoms with E-state index in [0.717, 1.165) is 37.4 Å². The standard InChI is InChI=1S/C17H20N6O2S/c24-16-4-3-12(19-22-16)17(25)18-11-5-7-23(8-6-11)15-10-13(20-21-15)14-2-1-9-26-14/h1-2,9-11H,3-8H2,(H,18,25)(H,20,21)(H,22,24). The number of aromatic nitrogens is 2. The summed E-state index contributed by atoms with van der Waals surface area (Å²) in [6.07, 6.45) is 2.42. The summed E-state index contributed by atoms with van der Waals surface area (Å²) in [7, 11) is 0. The second-order valence-electron chi connectivity index (χ2n) is 6.45. The van der Waals surface area contributed by atoms with E-state index in [4.69, 9.17) is 0 Å².